The van der Waals surface area contributed by atoms with E-state index in [1.807, 2.05) is 38.1 Å². The molecule has 3 rings (SSSR count). The fraction of sp³-hybridized carbons (Fsp3) is 0.227. The second-order valence-electron chi connectivity index (χ2n) is 6.62. The molecule has 0 aliphatic carbocycles. The highest BCUT2D eigenvalue weighted by atomic mass is 19.1. The fourth-order valence-corrected chi connectivity index (χ4v) is 2.82. The van der Waals surface area contributed by atoms with Crippen LogP contribution in [-0.2, 0) is 11.3 Å². The monoisotopic (exact) mass is 395 g/mol. The summed E-state index contributed by atoms with van der Waals surface area (Å²) in [5.41, 5.74) is 2.13. The van der Waals surface area contributed by atoms with Gasteiger partial charge in [0.15, 0.2) is 6.10 Å². The first kappa shape index (κ1) is 20.3. The number of aryl methyl sites for hydroxylation is 1. The number of hydrogen-bond acceptors (Lipinski definition) is 4. The van der Waals surface area contributed by atoms with E-state index in [2.05, 4.69) is 10.4 Å². The number of hydrogen-bond donors (Lipinski definition) is 1. The molecule has 1 aromatic heterocycles. The number of ether oxygens (including phenoxy) is 1. The number of aromatic nitrogens is 2. The summed E-state index contributed by atoms with van der Waals surface area (Å²) in [4.78, 5) is 24.6. The van der Waals surface area contributed by atoms with Crippen LogP contribution in [0.25, 0.3) is 5.69 Å². The van der Waals surface area contributed by atoms with Crippen molar-refractivity contribution in [3.8, 4) is 11.6 Å². The Labute approximate surface area is 168 Å². The van der Waals surface area contributed by atoms with Gasteiger partial charge in [0, 0.05) is 18.7 Å². The highest BCUT2D eigenvalue weighted by Crippen LogP contribution is 2.12. The predicted molar refractivity (Wildman–Crippen MR) is 108 cm³/mol. The van der Waals surface area contributed by atoms with E-state index in [0.717, 1.165) is 15.8 Å². The van der Waals surface area contributed by atoms with Crippen molar-refractivity contribution in [2.24, 2.45) is 0 Å². The summed E-state index contributed by atoms with van der Waals surface area (Å²) in [6.45, 7) is 4.21. The van der Waals surface area contributed by atoms with Crippen molar-refractivity contribution in [3.05, 3.63) is 88.0 Å². The highest BCUT2D eigenvalue weighted by molar-refractivity contribution is 5.81. The van der Waals surface area contributed by atoms with E-state index < -0.39 is 11.9 Å². The van der Waals surface area contributed by atoms with E-state index in [-0.39, 0.29) is 17.3 Å². The molecule has 1 amide bonds. The lowest BCUT2D eigenvalue weighted by molar-refractivity contribution is -0.128. The average molecular weight is 395 g/mol. The first-order chi connectivity index (χ1) is 14.0. The summed E-state index contributed by atoms with van der Waals surface area (Å²) < 4.78 is 20.0. The summed E-state index contributed by atoms with van der Waals surface area (Å²) in [5, 5.41) is 7.01. The molecular formula is C22H22FN3O3. The third kappa shape index (κ3) is 5.28. The lowest BCUT2D eigenvalue weighted by atomic mass is 10.1. The molecule has 0 radical (unpaired) electrons. The Morgan fingerprint density at radius 3 is 2.62 bits per heavy atom. The number of benzene rings is 2. The maximum atomic E-state index is 13.1. The molecular weight excluding hydrogens is 373 g/mol. The largest absolute Gasteiger partial charge is 0.463 e. The molecule has 29 heavy (non-hydrogen) atoms. The van der Waals surface area contributed by atoms with Gasteiger partial charge in [-0.3, -0.25) is 9.59 Å². The molecule has 150 valence electrons. The normalized spacial score (nSPS) is 11.7. The van der Waals surface area contributed by atoms with Crippen LogP contribution in [0.3, 0.4) is 0 Å². The Balaban J connectivity index is 1.71. The van der Waals surface area contributed by atoms with Crippen LogP contribution in [0, 0.1) is 12.7 Å². The summed E-state index contributed by atoms with van der Waals surface area (Å²) in [5.74, 6) is -0.549. The molecule has 3 aromatic rings. The molecule has 2 aromatic carbocycles. The van der Waals surface area contributed by atoms with E-state index in [4.69, 9.17) is 4.74 Å². The topological polar surface area (TPSA) is 73.2 Å². The molecule has 0 saturated heterocycles. The van der Waals surface area contributed by atoms with E-state index >= 15 is 0 Å². The van der Waals surface area contributed by atoms with Crippen LogP contribution in [0.2, 0.25) is 0 Å². The number of rotatable bonds is 7. The number of amides is 1. The van der Waals surface area contributed by atoms with Crippen molar-refractivity contribution < 1.29 is 13.9 Å². The predicted octanol–water partition coefficient (Wildman–Crippen LogP) is 3.15. The number of nitrogens with zero attached hydrogens (tertiary/aromatic N) is 2. The van der Waals surface area contributed by atoms with Gasteiger partial charge >= 0.3 is 0 Å². The molecule has 1 unspecified atom stereocenters. The minimum atomic E-state index is -0.758. The molecule has 0 spiro atoms. The van der Waals surface area contributed by atoms with Crippen LogP contribution in [0.1, 0.15) is 24.5 Å². The van der Waals surface area contributed by atoms with Crippen LogP contribution >= 0.6 is 0 Å². The van der Waals surface area contributed by atoms with Gasteiger partial charge < -0.3 is 10.1 Å². The van der Waals surface area contributed by atoms with Gasteiger partial charge in [-0.15, -0.1) is 5.10 Å². The lowest BCUT2D eigenvalue weighted by Crippen LogP contribution is -2.38. The standard InChI is InChI=1S/C22H22FN3O3/c1-3-19(22(28)24-14-16-6-4-5-15(2)13-16)29-20-11-12-21(27)26(25-20)18-9-7-17(23)8-10-18/h4-13,19H,3,14H2,1-2H3,(H,24,28). The van der Waals surface area contributed by atoms with Gasteiger partial charge in [-0.1, -0.05) is 36.8 Å². The van der Waals surface area contributed by atoms with Crippen molar-refractivity contribution in [3.63, 3.8) is 0 Å². The number of carbonyl (C=O) groups excluding carboxylic acids is 1. The third-order valence-electron chi connectivity index (χ3n) is 4.32. The average Bonchev–Trinajstić information content (AvgIpc) is 2.72. The SMILES string of the molecule is CCC(Oc1ccc(=O)n(-c2ccc(F)cc2)n1)C(=O)NCc1cccc(C)c1. The molecule has 7 heteroatoms. The number of halogens is 1. The Morgan fingerprint density at radius 2 is 1.93 bits per heavy atom. The van der Waals surface area contributed by atoms with Gasteiger partial charge in [-0.2, -0.15) is 4.68 Å². The molecule has 0 bridgehead atoms. The number of carbonyl (C=O) groups is 1. The quantitative estimate of drug-likeness (QED) is 0.667. The lowest BCUT2D eigenvalue weighted by Gasteiger charge is -2.17. The van der Waals surface area contributed by atoms with Crippen molar-refractivity contribution in [2.45, 2.75) is 32.9 Å². The second kappa shape index (κ2) is 9.14. The molecule has 0 saturated carbocycles. The smallest absolute Gasteiger partial charge is 0.271 e. The van der Waals surface area contributed by atoms with Gasteiger partial charge in [0.05, 0.1) is 5.69 Å². The molecule has 1 heterocycles. The van der Waals surface area contributed by atoms with Crippen LogP contribution < -0.4 is 15.6 Å². The van der Waals surface area contributed by atoms with E-state index in [1.165, 1.54) is 36.4 Å². The summed E-state index contributed by atoms with van der Waals surface area (Å²) >= 11 is 0. The van der Waals surface area contributed by atoms with Crippen molar-refractivity contribution >= 4 is 5.91 Å². The second-order valence-corrected chi connectivity index (χ2v) is 6.62. The Hall–Kier alpha value is -3.48. The Kier molecular flexibility index (Phi) is 6.39. The van der Waals surface area contributed by atoms with Gasteiger partial charge in [0.1, 0.15) is 5.82 Å². The Morgan fingerprint density at radius 1 is 1.17 bits per heavy atom. The highest BCUT2D eigenvalue weighted by Gasteiger charge is 2.19. The molecule has 0 fully saturated rings. The molecule has 0 aliphatic heterocycles. The first-order valence-electron chi connectivity index (χ1n) is 9.32. The zero-order chi connectivity index (χ0) is 20.8. The van der Waals surface area contributed by atoms with Crippen molar-refractivity contribution in [2.75, 3.05) is 0 Å². The van der Waals surface area contributed by atoms with Crippen LogP contribution in [0.5, 0.6) is 5.88 Å². The fourth-order valence-electron chi connectivity index (χ4n) is 2.82. The summed E-state index contributed by atoms with van der Waals surface area (Å²) in [7, 11) is 0. The molecule has 1 atom stereocenters. The van der Waals surface area contributed by atoms with E-state index in [1.54, 1.807) is 0 Å². The maximum absolute atomic E-state index is 13.1. The first-order valence-corrected chi connectivity index (χ1v) is 9.32. The maximum Gasteiger partial charge on any atom is 0.271 e. The van der Waals surface area contributed by atoms with E-state index in [9.17, 15) is 14.0 Å². The number of nitrogens with one attached hydrogen (secondary N) is 1. The van der Waals surface area contributed by atoms with Crippen molar-refractivity contribution in [1.82, 2.24) is 15.1 Å². The van der Waals surface area contributed by atoms with Gasteiger partial charge in [0.2, 0.25) is 5.88 Å². The zero-order valence-corrected chi connectivity index (χ0v) is 16.3. The minimum absolute atomic E-state index is 0.131. The van der Waals surface area contributed by atoms with Gasteiger partial charge in [0.25, 0.3) is 11.5 Å². The minimum Gasteiger partial charge on any atom is -0.463 e. The third-order valence-corrected chi connectivity index (χ3v) is 4.32. The zero-order valence-electron chi connectivity index (χ0n) is 16.3. The van der Waals surface area contributed by atoms with Crippen LogP contribution in [-0.4, -0.2) is 21.8 Å². The molecule has 1 N–H and O–H groups in total. The molecule has 6 nitrogen and oxygen atoms in total. The van der Waals surface area contributed by atoms with Crippen LogP contribution in [0.15, 0.2) is 65.5 Å². The Bertz CT molecular complexity index is 1050. The van der Waals surface area contributed by atoms with Gasteiger partial charge in [-0.25, -0.2) is 4.39 Å². The van der Waals surface area contributed by atoms with Gasteiger partial charge in [-0.05, 0) is 43.2 Å². The summed E-state index contributed by atoms with van der Waals surface area (Å²) in [6.07, 6.45) is -0.330. The summed E-state index contributed by atoms with van der Waals surface area (Å²) in [6, 6.07) is 15.9. The van der Waals surface area contributed by atoms with E-state index in [0.29, 0.717) is 18.7 Å². The van der Waals surface area contributed by atoms with Crippen molar-refractivity contribution in [1.29, 1.82) is 0 Å². The molecule has 0 aliphatic rings. The van der Waals surface area contributed by atoms with Crippen LogP contribution in [0.4, 0.5) is 4.39 Å².